The van der Waals surface area contributed by atoms with Crippen molar-refractivity contribution in [2.75, 3.05) is 39.8 Å². The molecule has 2 aliphatic rings. The summed E-state index contributed by atoms with van der Waals surface area (Å²) >= 11 is 12.2. The fourth-order valence-electron chi connectivity index (χ4n) is 4.45. The number of H-pyrrole nitrogens is 1. The first-order chi connectivity index (χ1) is 16.1. The summed E-state index contributed by atoms with van der Waals surface area (Å²) in [6.45, 7) is 8.86. The normalized spacial score (nSPS) is 17.6. The van der Waals surface area contributed by atoms with Gasteiger partial charge in [-0.3, -0.25) is 24.4 Å². The molecule has 2 amide bonds. The van der Waals surface area contributed by atoms with Crippen LogP contribution in [0, 0.1) is 5.92 Å². The molecule has 182 valence electrons. The van der Waals surface area contributed by atoms with Crippen LogP contribution in [0.4, 0.5) is 0 Å². The topological polar surface area (TPSA) is 81.7 Å². The predicted octanol–water partition coefficient (Wildman–Crippen LogP) is 3.02. The molecule has 10 heteroatoms. The molecule has 0 unspecified atom stereocenters. The molecular formula is C24H29Cl2N5O3. The van der Waals surface area contributed by atoms with E-state index in [1.165, 1.54) is 9.58 Å². The minimum atomic E-state index is -0.417. The zero-order valence-electron chi connectivity index (χ0n) is 19.8. The van der Waals surface area contributed by atoms with Crippen LogP contribution in [0.15, 0.2) is 28.7 Å². The first kappa shape index (κ1) is 24.6. The van der Waals surface area contributed by atoms with E-state index in [0.29, 0.717) is 53.2 Å². The van der Waals surface area contributed by atoms with Gasteiger partial charge in [-0.1, -0.05) is 44.0 Å². The molecule has 0 bridgehead atoms. The van der Waals surface area contributed by atoms with Crippen molar-refractivity contribution in [2.24, 2.45) is 5.92 Å². The van der Waals surface area contributed by atoms with Gasteiger partial charge in [0.2, 0.25) is 0 Å². The lowest BCUT2D eigenvalue weighted by Gasteiger charge is -2.34. The maximum absolute atomic E-state index is 13.7. The van der Waals surface area contributed by atoms with Gasteiger partial charge in [-0.15, -0.1) is 0 Å². The minimum absolute atomic E-state index is 0.103. The van der Waals surface area contributed by atoms with Gasteiger partial charge in [0.1, 0.15) is 5.70 Å². The smallest absolute Gasteiger partial charge is 0.279 e. The number of benzene rings is 1. The number of hydrogen-bond acceptors (Lipinski definition) is 5. The quantitative estimate of drug-likeness (QED) is 0.610. The number of halogens is 2. The van der Waals surface area contributed by atoms with E-state index in [2.05, 4.69) is 10.00 Å². The van der Waals surface area contributed by atoms with Gasteiger partial charge < -0.3 is 9.80 Å². The average molecular weight is 506 g/mol. The van der Waals surface area contributed by atoms with Crippen LogP contribution in [0.2, 0.25) is 10.0 Å². The van der Waals surface area contributed by atoms with E-state index in [1.54, 1.807) is 18.2 Å². The van der Waals surface area contributed by atoms with Crippen LogP contribution in [0.3, 0.4) is 0 Å². The molecule has 1 aromatic heterocycles. The van der Waals surface area contributed by atoms with Gasteiger partial charge in [-0.25, -0.2) is 4.68 Å². The number of aromatic nitrogens is 2. The summed E-state index contributed by atoms with van der Waals surface area (Å²) in [5.41, 5.74) is 1.44. The summed E-state index contributed by atoms with van der Waals surface area (Å²) < 4.78 is 1.35. The molecule has 0 saturated carbocycles. The monoisotopic (exact) mass is 505 g/mol. The van der Waals surface area contributed by atoms with E-state index in [9.17, 15) is 14.4 Å². The number of rotatable bonds is 6. The van der Waals surface area contributed by atoms with Gasteiger partial charge in [-0.2, -0.15) is 0 Å². The van der Waals surface area contributed by atoms with Crippen molar-refractivity contribution in [2.45, 2.75) is 27.2 Å². The summed E-state index contributed by atoms with van der Waals surface area (Å²) in [4.78, 5) is 46.3. The third-order valence-electron chi connectivity index (χ3n) is 6.24. The van der Waals surface area contributed by atoms with Crippen molar-refractivity contribution >= 4 is 40.6 Å². The van der Waals surface area contributed by atoms with E-state index < -0.39 is 11.5 Å². The number of nitrogens with zero attached hydrogens (tertiary/aromatic N) is 4. The van der Waals surface area contributed by atoms with Crippen LogP contribution < -0.4 is 5.56 Å². The summed E-state index contributed by atoms with van der Waals surface area (Å²) in [5, 5.41) is 3.81. The molecule has 0 radical (unpaired) electrons. The van der Waals surface area contributed by atoms with Crippen molar-refractivity contribution in [1.82, 2.24) is 24.5 Å². The second-order valence-electron chi connectivity index (χ2n) is 9.19. The highest BCUT2D eigenvalue weighted by Crippen LogP contribution is 2.33. The lowest BCUT2D eigenvalue weighted by molar-refractivity contribution is -0.138. The Labute approximate surface area is 208 Å². The molecular weight excluding hydrogens is 477 g/mol. The fourth-order valence-corrected chi connectivity index (χ4v) is 4.74. The maximum Gasteiger partial charge on any atom is 0.279 e. The zero-order chi connectivity index (χ0) is 24.7. The van der Waals surface area contributed by atoms with Crippen LogP contribution in [-0.4, -0.2) is 76.1 Å². The second kappa shape index (κ2) is 9.60. The standard InChI is InChI=1S/C24H29Cl2N5O3/c1-5-18-19(23(33)31(27-18)15-6-7-16(25)17(26)12-15)20-21(29-10-8-28(4)9-11-29)24(34)30(22(20)32)13-14(2)3/h6-7,12,14,27H,5,8-11,13H2,1-4H3. The van der Waals surface area contributed by atoms with Gasteiger partial charge in [-0.05, 0) is 37.6 Å². The number of carbonyl (C=O) groups is 2. The number of aryl methyl sites for hydroxylation is 1. The molecule has 0 spiro atoms. The number of aromatic amines is 1. The summed E-state index contributed by atoms with van der Waals surface area (Å²) in [7, 11) is 2.02. The minimum Gasteiger partial charge on any atom is -0.364 e. The molecule has 3 heterocycles. The zero-order valence-corrected chi connectivity index (χ0v) is 21.3. The van der Waals surface area contributed by atoms with Crippen molar-refractivity contribution in [1.29, 1.82) is 0 Å². The molecule has 1 fully saturated rings. The SMILES string of the molecule is CCc1[nH]n(-c2ccc(Cl)c(Cl)c2)c(=O)c1C1=C(N2CCN(C)CC2)C(=O)N(CC(C)C)C1=O. The fraction of sp³-hybridized carbons (Fsp3) is 0.458. The Morgan fingerprint density at radius 1 is 1.00 bits per heavy atom. The van der Waals surface area contributed by atoms with Gasteiger partial charge in [0, 0.05) is 38.4 Å². The predicted molar refractivity (Wildman–Crippen MR) is 133 cm³/mol. The van der Waals surface area contributed by atoms with Gasteiger partial charge in [0.05, 0.1) is 26.9 Å². The number of piperazine rings is 1. The highest BCUT2D eigenvalue weighted by molar-refractivity contribution is 6.42. The molecule has 1 saturated heterocycles. The molecule has 2 aromatic rings. The number of nitrogens with one attached hydrogen (secondary N) is 1. The van der Waals surface area contributed by atoms with Gasteiger partial charge in [0.15, 0.2) is 0 Å². The van der Waals surface area contributed by atoms with E-state index in [0.717, 1.165) is 13.1 Å². The Morgan fingerprint density at radius 3 is 2.26 bits per heavy atom. The highest BCUT2D eigenvalue weighted by Gasteiger charge is 2.44. The maximum atomic E-state index is 13.7. The van der Waals surface area contributed by atoms with E-state index in [-0.39, 0.29) is 23.0 Å². The summed E-state index contributed by atoms with van der Waals surface area (Å²) in [6, 6.07) is 4.88. The Morgan fingerprint density at radius 2 is 1.68 bits per heavy atom. The number of carbonyl (C=O) groups excluding carboxylic acids is 2. The van der Waals surface area contributed by atoms with Gasteiger partial charge >= 0.3 is 0 Å². The van der Waals surface area contributed by atoms with Crippen molar-refractivity contribution in [3.63, 3.8) is 0 Å². The van der Waals surface area contributed by atoms with Crippen molar-refractivity contribution < 1.29 is 9.59 Å². The van der Waals surface area contributed by atoms with E-state index in [1.807, 2.05) is 32.7 Å². The third kappa shape index (κ3) is 4.30. The Kier molecular flexibility index (Phi) is 6.94. The first-order valence-electron chi connectivity index (χ1n) is 11.5. The largest absolute Gasteiger partial charge is 0.364 e. The van der Waals surface area contributed by atoms with Crippen LogP contribution in [0.5, 0.6) is 0 Å². The van der Waals surface area contributed by atoms with Crippen molar-refractivity contribution in [3.05, 3.63) is 55.6 Å². The molecule has 4 rings (SSSR count). The molecule has 34 heavy (non-hydrogen) atoms. The molecule has 0 aliphatic carbocycles. The van der Waals surface area contributed by atoms with Gasteiger partial charge in [0.25, 0.3) is 17.4 Å². The number of likely N-dealkylation sites (N-methyl/N-ethyl adjacent to an activating group) is 1. The summed E-state index contributed by atoms with van der Waals surface area (Å²) in [5.74, 6) is -0.646. The Balaban J connectivity index is 1.90. The van der Waals surface area contributed by atoms with Crippen LogP contribution in [-0.2, 0) is 16.0 Å². The molecule has 1 aromatic carbocycles. The highest BCUT2D eigenvalue weighted by atomic mass is 35.5. The average Bonchev–Trinajstić information content (AvgIpc) is 3.24. The number of imide groups is 1. The Hall–Kier alpha value is -2.55. The van der Waals surface area contributed by atoms with Crippen LogP contribution in [0.1, 0.15) is 32.0 Å². The number of hydrogen-bond donors (Lipinski definition) is 1. The second-order valence-corrected chi connectivity index (χ2v) is 10.0. The summed E-state index contributed by atoms with van der Waals surface area (Å²) in [6.07, 6.45) is 0.476. The first-order valence-corrected chi connectivity index (χ1v) is 12.2. The van der Waals surface area contributed by atoms with Crippen LogP contribution in [0.25, 0.3) is 11.3 Å². The Bertz CT molecular complexity index is 1220. The third-order valence-corrected chi connectivity index (χ3v) is 6.98. The van der Waals surface area contributed by atoms with Crippen molar-refractivity contribution in [3.8, 4) is 5.69 Å². The van der Waals surface area contributed by atoms with E-state index in [4.69, 9.17) is 23.2 Å². The molecule has 0 atom stereocenters. The number of amides is 2. The van der Waals surface area contributed by atoms with E-state index >= 15 is 0 Å². The lowest BCUT2D eigenvalue weighted by atomic mass is 10.0. The molecule has 2 aliphatic heterocycles. The lowest BCUT2D eigenvalue weighted by Crippen LogP contribution is -2.46. The van der Waals surface area contributed by atoms with Crippen LogP contribution >= 0.6 is 23.2 Å². The molecule has 1 N–H and O–H groups in total. The molecule has 8 nitrogen and oxygen atoms in total.